The summed E-state index contributed by atoms with van der Waals surface area (Å²) >= 11 is 0. The minimum Gasteiger partial charge on any atom is -0.393 e. The first-order valence-corrected chi connectivity index (χ1v) is 13.6. The van der Waals surface area contributed by atoms with E-state index in [0.717, 1.165) is 61.7 Å². The molecular weight excluding hydrogens is 368 g/mol. The molecule has 0 amide bonds. The van der Waals surface area contributed by atoms with E-state index in [1.165, 1.54) is 44.9 Å². The Labute approximate surface area is 186 Å². The van der Waals surface area contributed by atoms with Crippen molar-refractivity contribution in [1.82, 2.24) is 0 Å². The van der Waals surface area contributed by atoms with Gasteiger partial charge in [0.1, 0.15) is 0 Å². The zero-order valence-corrected chi connectivity index (χ0v) is 20.6. The molecule has 0 saturated heterocycles. The quantitative estimate of drug-likeness (QED) is 0.496. The highest BCUT2D eigenvalue weighted by atomic mass is 16.3. The van der Waals surface area contributed by atoms with E-state index in [2.05, 4.69) is 34.6 Å². The summed E-state index contributed by atoms with van der Waals surface area (Å²) < 4.78 is 0. The number of fused-ring (bicyclic) bond motifs is 5. The van der Waals surface area contributed by atoms with E-state index in [-0.39, 0.29) is 11.7 Å². The highest BCUT2D eigenvalue weighted by Crippen LogP contribution is 2.66. The van der Waals surface area contributed by atoms with E-state index < -0.39 is 0 Å². The Bertz CT molecular complexity index is 587. The third-order valence-corrected chi connectivity index (χ3v) is 11.1. The predicted molar refractivity (Wildman–Crippen MR) is 125 cm³/mol. The Hall–Kier alpha value is -0.0800. The van der Waals surface area contributed by atoms with Crippen molar-refractivity contribution in [3.8, 4) is 0 Å². The highest BCUT2D eigenvalue weighted by molar-refractivity contribution is 5.08. The van der Waals surface area contributed by atoms with Crippen LogP contribution < -0.4 is 0 Å². The molecule has 4 fully saturated rings. The molecule has 0 aromatic rings. The first-order chi connectivity index (χ1) is 14.2. The third kappa shape index (κ3) is 4.02. The number of aliphatic hydroxyl groups excluding tert-OH is 1. The van der Waals surface area contributed by atoms with Crippen LogP contribution in [0, 0.1) is 52.8 Å². The van der Waals surface area contributed by atoms with Gasteiger partial charge in [-0.2, -0.15) is 0 Å². The molecule has 4 saturated carbocycles. The standard InChI is InChI=1S/C28H50O2/c1-6-28(30)16-14-21-20(17-28)8-9-23-22(21)13-15-27(5)24(10-11-25(23)27)19(4)26(29)12-7-18(2)3/h18-26,29-30H,6-17H2,1-5H3/t19?,20?,21?,22?,23?,24?,25?,26?,27?,28-/m0/s1. The van der Waals surface area contributed by atoms with Crippen LogP contribution in [0.15, 0.2) is 0 Å². The average Bonchev–Trinajstić information content (AvgIpc) is 3.08. The zero-order chi connectivity index (χ0) is 21.7. The lowest BCUT2D eigenvalue weighted by atomic mass is 9.48. The van der Waals surface area contributed by atoms with E-state index in [1.807, 2.05) is 0 Å². The lowest BCUT2D eigenvalue weighted by Crippen LogP contribution is -2.51. The largest absolute Gasteiger partial charge is 0.393 e. The van der Waals surface area contributed by atoms with Crippen molar-refractivity contribution in [2.75, 3.05) is 0 Å². The zero-order valence-electron chi connectivity index (χ0n) is 20.6. The average molecular weight is 419 g/mol. The summed E-state index contributed by atoms with van der Waals surface area (Å²) in [5.41, 5.74) is 0.0856. The van der Waals surface area contributed by atoms with Crippen LogP contribution in [0.5, 0.6) is 0 Å². The second-order valence-corrected chi connectivity index (χ2v) is 12.9. The van der Waals surface area contributed by atoms with E-state index in [9.17, 15) is 10.2 Å². The molecule has 0 aromatic heterocycles. The molecule has 4 aliphatic rings. The van der Waals surface area contributed by atoms with Crippen LogP contribution >= 0.6 is 0 Å². The van der Waals surface area contributed by atoms with Crippen LogP contribution in [-0.4, -0.2) is 21.9 Å². The summed E-state index contributed by atoms with van der Waals surface area (Å²) in [7, 11) is 0. The molecule has 0 bridgehead atoms. The van der Waals surface area contributed by atoms with Gasteiger partial charge in [-0.3, -0.25) is 0 Å². The van der Waals surface area contributed by atoms with Crippen LogP contribution in [0.4, 0.5) is 0 Å². The van der Waals surface area contributed by atoms with Gasteiger partial charge in [-0.25, -0.2) is 0 Å². The van der Waals surface area contributed by atoms with Gasteiger partial charge < -0.3 is 10.2 Å². The number of hydrogen-bond donors (Lipinski definition) is 2. The minimum absolute atomic E-state index is 0.119. The van der Waals surface area contributed by atoms with E-state index in [0.29, 0.717) is 23.2 Å². The van der Waals surface area contributed by atoms with Crippen LogP contribution in [0.1, 0.15) is 112 Å². The topological polar surface area (TPSA) is 40.5 Å². The molecule has 9 unspecified atom stereocenters. The number of rotatable bonds is 6. The predicted octanol–water partition coefficient (Wildman–Crippen LogP) is 6.83. The SMILES string of the molecule is CC[C@]1(O)CCC2C(CCC3C2CCC2(C)C(C(C)C(O)CCC(C)C)CCC32)C1. The molecular formula is C28H50O2. The fourth-order valence-electron chi connectivity index (χ4n) is 9.22. The summed E-state index contributed by atoms with van der Waals surface area (Å²) in [6.45, 7) is 11.7. The lowest BCUT2D eigenvalue weighted by molar-refractivity contribution is -0.112. The first kappa shape index (κ1) is 23.1. The van der Waals surface area contributed by atoms with Crippen molar-refractivity contribution in [2.45, 2.75) is 123 Å². The summed E-state index contributed by atoms with van der Waals surface area (Å²) in [5, 5.41) is 21.9. The molecule has 0 aromatic carbocycles. The van der Waals surface area contributed by atoms with E-state index >= 15 is 0 Å². The van der Waals surface area contributed by atoms with Gasteiger partial charge >= 0.3 is 0 Å². The van der Waals surface area contributed by atoms with Crippen molar-refractivity contribution >= 4 is 0 Å². The van der Waals surface area contributed by atoms with Gasteiger partial charge in [-0.05, 0) is 130 Å². The molecule has 2 heteroatoms. The molecule has 0 heterocycles. The van der Waals surface area contributed by atoms with Gasteiger partial charge in [-0.1, -0.05) is 34.6 Å². The molecule has 174 valence electrons. The molecule has 2 nitrogen and oxygen atoms in total. The van der Waals surface area contributed by atoms with Gasteiger partial charge in [0.05, 0.1) is 11.7 Å². The molecule has 4 aliphatic carbocycles. The van der Waals surface area contributed by atoms with Gasteiger partial charge in [0.2, 0.25) is 0 Å². The fourth-order valence-corrected chi connectivity index (χ4v) is 9.22. The van der Waals surface area contributed by atoms with Crippen molar-refractivity contribution in [3.63, 3.8) is 0 Å². The Morgan fingerprint density at radius 2 is 1.60 bits per heavy atom. The molecule has 2 N–H and O–H groups in total. The molecule has 0 radical (unpaired) electrons. The van der Waals surface area contributed by atoms with Crippen LogP contribution in [0.25, 0.3) is 0 Å². The third-order valence-electron chi connectivity index (χ3n) is 11.1. The minimum atomic E-state index is -0.364. The highest BCUT2D eigenvalue weighted by Gasteiger charge is 2.58. The van der Waals surface area contributed by atoms with Gasteiger partial charge in [0.25, 0.3) is 0 Å². The Morgan fingerprint density at radius 1 is 0.867 bits per heavy atom. The monoisotopic (exact) mass is 418 g/mol. The Morgan fingerprint density at radius 3 is 2.30 bits per heavy atom. The molecule has 4 rings (SSSR count). The van der Waals surface area contributed by atoms with Crippen molar-refractivity contribution in [3.05, 3.63) is 0 Å². The van der Waals surface area contributed by atoms with Gasteiger partial charge in [-0.15, -0.1) is 0 Å². The smallest absolute Gasteiger partial charge is 0.0648 e. The van der Waals surface area contributed by atoms with Crippen LogP contribution in [0.2, 0.25) is 0 Å². The van der Waals surface area contributed by atoms with Crippen molar-refractivity contribution in [2.24, 2.45) is 52.8 Å². The second kappa shape index (κ2) is 8.69. The maximum Gasteiger partial charge on any atom is 0.0648 e. The number of aliphatic hydroxyl groups is 2. The van der Waals surface area contributed by atoms with Gasteiger partial charge in [0.15, 0.2) is 0 Å². The van der Waals surface area contributed by atoms with Crippen molar-refractivity contribution < 1.29 is 10.2 Å². The summed E-state index contributed by atoms with van der Waals surface area (Å²) in [5.74, 6) is 6.22. The maximum absolute atomic E-state index is 11.0. The second-order valence-electron chi connectivity index (χ2n) is 12.9. The van der Waals surface area contributed by atoms with Crippen LogP contribution in [0.3, 0.4) is 0 Å². The van der Waals surface area contributed by atoms with Gasteiger partial charge in [0, 0.05) is 0 Å². The number of hydrogen-bond acceptors (Lipinski definition) is 2. The summed E-state index contributed by atoms with van der Waals surface area (Å²) in [4.78, 5) is 0. The Kier molecular flexibility index (Phi) is 6.69. The lowest BCUT2D eigenvalue weighted by Gasteiger charge is -2.57. The van der Waals surface area contributed by atoms with Crippen molar-refractivity contribution in [1.29, 1.82) is 0 Å². The molecule has 30 heavy (non-hydrogen) atoms. The maximum atomic E-state index is 11.0. The first-order valence-electron chi connectivity index (χ1n) is 13.6. The summed E-state index contributed by atoms with van der Waals surface area (Å²) in [6.07, 6.45) is 14.6. The van der Waals surface area contributed by atoms with E-state index in [4.69, 9.17) is 0 Å². The normalized spacial score (nSPS) is 48.0. The fraction of sp³-hybridized carbons (Fsp3) is 1.00. The molecule has 0 aliphatic heterocycles. The molecule has 10 atom stereocenters. The summed E-state index contributed by atoms with van der Waals surface area (Å²) in [6, 6.07) is 0. The van der Waals surface area contributed by atoms with Crippen LogP contribution in [-0.2, 0) is 0 Å². The van der Waals surface area contributed by atoms with E-state index in [1.54, 1.807) is 0 Å². The Balaban J connectivity index is 1.44. The molecule has 0 spiro atoms.